The number of ether oxygens (including phenoxy) is 1. The zero-order valence-electron chi connectivity index (χ0n) is 18.1. The molecule has 0 saturated carbocycles. The Morgan fingerprint density at radius 3 is 2.25 bits per heavy atom. The first-order valence-electron chi connectivity index (χ1n) is 11.0. The van der Waals surface area contributed by atoms with E-state index in [1.54, 1.807) is 4.90 Å². The summed E-state index contributed by atoms with van der Waals surface area (Å²) in [7, 11) is 0. The molecule has 0 radical (unpaired) electrons. The van der Waals surface area contributed by atoms with E-state index in [0.29, 0.717) is 26.1 Å². The van der Waals surface area contributed by atoms with Gasteiger partial charge in [0.2, 0.25) is 5.91 Å². The Labute approximate surface area is 187 Å². The summed E-state index contributed by atoms with van der Waals surface area (Å²) in [6, 6.07) is 16.4. The number of fused-ring (bicyclic) bond motifs is 3. The molecule has 7 nitrogen and oxygen atoms in total. The maximum atomic E-state index is 12.3. The minimum absolute atomic E-state index is 0.00604. The van der Waals surface area contributed by atoms with Crippen molar-refractivity contribution in [2.45, 2.75) is 25.7 Å². The van der Waals surface area contributed by atoms with Crippen LogP contribution in [0.4, 0.5) is 4.79 Å². The number of likely N-dealkylation sites (tertiary alicyclic amines) is 1. The van der Waals surface area contributed by atoms with E-state index in [0.717, 1.165) is 11.1 Å². The van der Waals surface area contributed by atoms with Crippen molar-refractivity contribution in [3.63, 3.8) is 0 Å². The molecule has 1 atom stereocenters. The standard InChI is InChI=1S/C25H28N2O5/c1-16(10-23(28)27-13-17(14-27)11-24(29)30)12-26-25(31)32-15-22-20-8-4-2-6-18(20)19-7-3-5-9-21(19)22/h2-9,16-17,22H,10-15H2,1H3,(H,26,31)(H,29,30). The van der Waals surface area contributed by atoms with Crippen LogP contribution in [0.1, 0.15) is 36.8 Å². The van der Waals surface area contributed by atoms with E-state index in [1.807, 2.05) is 31.2 Å². The number of alkyl carbamates (subject to hydrolysis) is 1. The van der Waals surface area contributed by atoms with E-state index in [2.05, 4.69) is 29.6 Å². The van der Waals surface area contributed by atoms with Gasteiger partial charge in [-0.3, -0.25) is 9.59 Å². The van der Waals surface area contributed by atoms with Crippen molar-refractivity contribution in [2.75, 3.05) is 26.2 Å². The van der Waals surface area contributed by atoms with Crippen molar-refractivity contribution in [3.8, 4) is 11.1 Å². The SMILES string of the molecule is CC(CNC(=O)OCC1c2ccccc2-c2ccccc21)CC(=O)N1CC(CC(=O)O)C1. The van der Waals surface area contributed by atoms with Gasteiger partial charge in [0.05, 0.1) is 6.42 Å². The van der Waals surface area contributed by atoms with Crippen molar-refractivity contribution in [2.24, 2.45) is 11.8 Å². The summed E-state index contributed by atoms with van der Waals surface area (Å²) in [5.74, 6) is -0.819. The summed E-state index contributed by atoms with van der Waals surface area (Å²) in [4.78, 5) is 36.9. The Kier molecular flexibility index (Phi) is 6.44. The Hall–Kier alpha value is -3.35. The molecular formula is C25H28N2O5. The lowest BCUT2D eigenvalue weighted by molar-refractivity contribution is -0.145. The van der Waals surface area contributed by atoms with Crippen molar-refractivity contribution >= 4 is 18.0 Å². The normalized spacial score (nSPS) is 16.0. The van der Waals surface area contributed by atoms with E-state index in [1.165, 1.54) is 11.1 Å². The largest absolute Gasteiger partial charge is 0.481 e. The summed E-state index contributed by atoms with van der Waals surface area (Å²) in [5.41, 5.74) is 4.69. The van der Waals surface area contributed by atoms with Gasteiger partial charge in [-0.05, 0) is 28.2 Å². The van der Waals surface area contributed by atoms with Crippen LogP contribution >= 0.6 is 0 Å². The summed E-state index contributed by atoms with van der Waals surface area (Å²) >= 11 is 0. The average molecular weight is 437 g/mol. The number of carboxylic acid groups (broad SMARTS) is 1. The fourth-order valence-corrected chi connectivity index (χ4v) is 4.56. The lowest BCUT2D eigenvalue weighted by Crippen LogP contribution is -2.51. The number of amides is 2. The highest BCUT2D eigenvalue weighted by molar-refractivity contribution is 5.79. The molecule has 1 fully saturated rings. The van der Waals surface area contributed by atoms with Gasteiger partial charge < -0.3 is 20.1 Å². The van der Waals surface area contributed by atoms with Gasteiger partial charge >= 0.3 is 12.1 Å². The zero-order chi connectivity index (χ0) is 22.7. The fraction of sp³-hybridized carbons (Fsp3) is 0.400. The number of carbonyl (C=O) groups is 3. The molecule has 1 unspecified atom stereocenters. The molecule has 32 heavy (non-hydrogen) atoms. The van der Waals surface area contributed by atoms with Crippen molar-refractivity contribution < 1.29 is 24.2 Å². The maximum Gasteiger partial charge on any atom is 0.407 e. The summed E-state index contributed by atoms with van der Waals surface area (Å²) in [6.45, 7) is 3.49. The van der Waals surface area contributed by atoms with Gasteiger partial charge in [-0.1, -0.05) is 55.5 Å². The van der Waals surface area contributed by atoms with E-state index in [9.17, 15) is 14.4 Å². The number of hydrogen-bond acceptors (Lipinski definition) is 4. The summed E-state index contributed by atoms with van der Waals surface area (Å²) < 4.78 is 5.52. The highest BCUT2D eigenvalue weighted by Crippen LogP contribution is 2.44. The Morgan fingerprint density at radius 1 is 1.06 bits per heavy atom. The smallest absolute Gasteiger partial charge is 0.407 e. The van der Waals surface area contributed by atoms with Crippen LogP contribution in [0, 0.1) is 11.8 Å². The van der Waals surface area contributed by atoms with Crippen LogP contribution in [0.5, 0.6) is 0 Å². The van der Waals surface area contributed by atoms with Crippen LogP contribution < -0.4 is 5.32 Å². The Balaban J connectivity index is 1.21. The third-order valence-corrected chi connectivity index (χ3v) is 6.23. The molecule has 7 heteroatoms. The molecule has 1 heterocycles. The number of hydrogen-bond donors (Lipinski definition) is 2. The average Bonchev–Trinajstić information content (AvgIpc) is 3.06. The number of rotatable bonds is 8. The molecule has 4 rings (SSSR count). The molecule has 0 bridgehead atoms. The lowest BCUT2D eigenvalue weighted by atomic mass is 9.95. The third-order valence-electron chi connectivity index (χ3n) is 6.23. The number of carboxylic acids is 1. The highest BCUT2D eigenvalue weighted by atomic mass is 16.5. The molecule has 2 aromatic carbocycles. The molecule has 1 aliphatic heterocycles. The third kappa shape index (κ3) is 4.77. The van der Waals surface area contributed by atoms with E-state index in [4.69, 9.17) is 9.84 Å². The van der Waals surface area contributed by atoms with Crippen LogP contribution in [0.3, 0.4) is 0 Å². The maximum absolute atomic E-state index is 12.3. The molecule has 2 aromatic rings. The van der Waals surface area contributed by atoms with E-state index >= 15 is 0 Å². The fourth-order valence-electron chi connectivity index (χ4n) is 4.56. The Bertz CT molecular complexity index is 969. The number of carbonyl (C=O) groups excluding carboxylic acids is 2. The van der Waals surface area contributed by atoms with Crippen LogP contribution in [0.25, 0.3) is 11.1 Å². The molecule has 2 aliphatic rings. The first-order chi connectivity index (χ1) is 15.4. The zero-order valence-corrected chi connectivity index (χ0v) is 18.1. The first kappa shape index (κ1) is 21.9. The molecule has 1 saturated heterocycles. The van der Waals surface area contributed by atoms with Gasteiger partial charge in [0.1, 0.15) is 6.61 Å². The predicted octanol–water partition coefficient (Wildman–Crippen LogP) is 3.48. The lowest BCUT2D eigenvalue weighted by Gasteiger charge is -2.39. The summed E-state index contributed by atoms with van der Waals surface area (Å²) in [5, 5.41) is 11.6. The minimum Gasteiger partial charge on any atom is -0.481 e. The molecule has 1 aliphatic carbocycles. The van der Waals surface area contributed by atoms with Gasteiger partial charge in [-0.2, -0.15) is 0 Å². The number of nitrogens with one attached hydrogen (secondary N) is 1. The molecule has 168 valence electrons. The van der Waals surface area contributed by atoms with Gasteiger partial charge in [0.15, 0.2) is 0 Å². The second-order valence-electron chi connectivity index (χ2n) is 8.78. The highest BCUT2D eigenvalue weighted by Gasteiger charge is 2.32. The van der Waals surface area contributed by atoms with Crippen LogP contribution in [0.2, 0.25) is 0 Å². The van der Waals surface area contributed by atoms with Crippen molar-refractivity contribution in [1.29, 1.82) is 0 Å². The van der Waals surface area contributed by atoms with E-state index in [-0.39, 0.29) is 36.7 Å². The van der Waals surface area contributed by atoms with Gasteiger partial charge in [-0.25, -0.2) is 4.79 Å². The molecule has 2 amide bonds. The molecule has 0 spiro atoms. The first-order valence-corrected chi connectivity index (χ1v) is 11.0. The van der Waals surface area contributed by atoms with Gasteiger partial charge in [0.25, 0.3) is 0 Å². The minimum atomic E-state index is -0.831. The molecular weight excluding hydrogens is 408 g/mol. The second kappa shape index (κ2) is 9.42. The number of nitrogens with zero attached hydrogens (tertiary/aromatic N) is 1. The van der Waals surface area contributed by atoms with Crippen LogP contribution in [-0.2, 0) is 14.3 Å². The van der Waals surface area contributed by atoms with Crippen molar-refractivity contribution in [1.82, 2.24) is 10.2 Å². The quantitative estimate of drug-likeness (QED) is 0.661. The number of aliphatic carboxylic acids is 1. The summed E-state index contributed by atoms with van der Waals surface area (Å²) in [6.07, 6.45) is -0.0804. The van der Waals surface area contributed by atoms with Gasteiger partial charge in [-0.15, -0.1) is 0 Å². The number of benzene rings is 2. The predicted molar refractivity (Wildman–Crippen MR) is 119 cm³/mol. The topological polar surface area (TPSA) is 95.9 Å². The van der Waals surface area contributed by atoms with Crippen molar-refractivity contribution in [3.05, 3.63) is 59.7 Å². The van der Waals surface area contributed by atoms with Crippen LogP contribution in [-0.4, -0.2) is 54.2 Å². The Morgan fingerprint density at radius 2 is 1.66 bits per heavy atom. The second-order valence-corrected chi connectivity index (χ2v) is 8.78. The monoisotopic (exact) mass is 436 g/mol. The van der Waals surface area contributed by atoms with E-state index < -0.39 is 12.1 Å². The van der Waals surface area contributed by atoms with Crippen LogP contribution in [0.15, 0.2) is 48.5 Å². The molecule has 2 N–H and O–H groups in total. The molecule has 0 aromatic heterocycles. The van der Waals surface area contributed by atoms with Gasteiger partial charge in [0, 0.05) is 37.9 Å².